The smallest absolute Gasteiger partial charge is 0.274 e. The van der Waals surface area contributed by atoms with E-state index in [4.69, 9.17) is 4.74 Å². The highest BCUT2D eigenvalue weighted by Gasteiger charge is 2.41. The van der Waals surface area contributed by atoms with Gasteiger partial charge in [-0.1, -0.05) is 0 Å². The Hall–Kier alpha value is -1.97. The van der Waals surface area contributed by atoms with E-state index in [1.54, 1.807) is 17.9 Å². The summed E-state index contributed by atoms with van der Waals surface area (Å²) in [4.78, 5) is 29.1. The number of nitrogens with zero attached hydrogens (tertiary/aromatic N) is 4. The maximum absolute atomic E-state index is 12.6. The first kappa shape index (κ1) is 20.8. The summed E-state index contributed by atoms with van der Waals surface area (Å²) < 4.78 is 6.73. The van der Waals surface area contributed by atoms with E-state index in [-0.39, 0.29) is 23.9 Å². The predicted octanol–water partition coefficient (Wildman–Crippen LogP) is -0.295. The van der Waals surface area contributed by atoms with Gasteiger partial charge in [0.2, 0.25) is 5.91 Å². The van der Waals surface area contributed by atoms with Crippen molar-refractivity contribution in [3.63, 3.8) is 0 Å². The number of rotatable bonds is 7. The Morgan fingerprint density at radius 2 is 2.11 bits per heavy atom. The highest BCUT2D eigenvalue weighted by molar-refractivity contribution is 5.92. The third-order valence-corrected chi connectivity index (χ3v) is 5.63. The molecular weight excluding hydrogens is 362 g/mol. The van der Waals surface area contributed by atoms with E-state index < -0.39 is 6.10 Å². The van der Waals surface area contributed by atoms with Gasteiger partial charge in [0.1, 0.15) is 5.69 Å². The number of methoxy groups -OCH3 is 1. The number of ether oxygens (including phenoxy) is 1. The number of hydrogen-bond donors (Lipinski definition) is 2. The number of aryl methyl sites for hydroxylation is 1. The lowest BCUT2D eigenvalue weighted by molar-refractivity contribution is -0.126. The van der Waals surface area contributed by atoms with Gasteiger partial charge < -0.3 is 20.1 Å². The van der Waals surface area contributed by atoms with Gasteiger partial charge in [0.15, 0.2) is 0 Å². The number of aliphatic hydroxyl groups excluding tert-OH is 1. The molecule has 2 fully saturated rings. The molecule has 2 N–H and O–H groups in total. The van der Waals surface area contributed by atoms with Gasteiger partial charge in [-0.15, -0.1) is 0 Å². The fraction of sp³-hybridized carbons (Fsp3) is 0.737. The summed E-state index contributed by atoms with van der Waals surface area (Å²) in [6.07, 6.45) is 3.35. The first-order chi connectivity index (χ1) is 13.5. The first-order valence-corrected chi connectivity index (χ1v) is 10.1. The van der Waals surface area contributed by atoms with Crippen molar-refractivity contribution in [2.45, 2.75) is 50.9 Å². The van der Waals surface area contributed by atoms with Gasteiger partial charge in [-0.2, -0.15) is 5.10 Å². The fourth-order valence-corrected chi connectivity index (χ4v) is 4.11. The van der Waals surface area contributed by atoms with Gasteiger partial charge in [0.25, 0.3) is 5.91 Å². The van der Waals surface area contributed by atoms with Gasteiger partial charge in [-0.25, -0.2) is 0 Å². The molecule has 1 aromatic rings. The summed E-state index contributed by atoms with van der Waals surface area (Å²) in [5.74, 6) is -0.0989. The Morgan fingerprint density at radius 1 is 1.36 bits per heavy atom. The van der Waals surface area contributed by atoms with Crippen LogP contribution in [0.1, 0.15) is 36.7 Å². The zero-order chi connectivity index (χ0) is 20.1. The van der Waals surface area contributed by atoms with E-state index in [2.05, 4.69) is 15.3 Å². The maximum Gasteiger partial charge on any atom is 0.274 e. The van der Waals surface area contributed by atoms with Gasteiger partial charge in [-0.05, 0) is 32.3 Å². The summed E-state index contributed by atoms with van der Waals surface area (Å²) >= 11 is 0. The van der Waals surface area contributed by atoms with Crippen molar-refractivity contribution in [3.8, 4) is 0 Å². The molecule has 0 spiro atoms. The van der Waals surface area contributed by atoms with Crippen molar-refractivity contribution >= 4 is 11.8 Å². The zero-order valence-electron chi connectivity index (χ0n) is 16.7. The molecule has 2 saturated heterocycles. The molecular formula is C19H31N5O4. The lowest BCUT2D eigenvalue weighted by Gasteiger charge is -2.38. The summed E-state index contributed by atoms with van der Waals surface area (Å²) in [7, 11) is 1.60. The number of carbonyl (C=O) groups excluding carboxylic acids is 2. The first-order valence-electron chi connectivity index (χ1n) is 10.1. The molecule has 0 unspecified atom stereocenters. The van der Waals surface area contributed by atoms with Crippen LogP contribution in [0.25, 0.3) is 0 Å². The summed E-state index contributed by atoms with van der Waals surface area (Å²) in [6.45, 7) is 5.42. The number of piperidine rings is 1. The molecule has 156 valence electrons. The third kappa shape index (κ3) is 4.71. The van der Waals surface area contributed by atoms with Crippen LogP contribution < -0.4 is 5.32 Å². The number of carbonyl (C=O) groups is 2. The van der Waals surface area contributed by atoms with Gasteiger partial charge in [0.05, 0.1) is 18.8 Å². The van der Waals surface area contributed by atoms with Crippen molar-refractivity contribution in [1.29, 1.82) is 0 Å². The van der Waals surface area contributed by atoms with Crippen LogP contribution in [0.3, 0.4) is 0 Å². The van der Waals surface area contributed by atoms with Crippen LogP contribution in [-0.4, -0.2) is 94.6 Å². The summed E-state index contributed by atoms with van der Waals surface area (Å²) in [5, 5.41) is 17.3. The molecule has 0 aliphatic carbocycles. The van der Waals surface area contributed by atoms with Crippen molar-refractivity contribution < 1.29 is 19.4 Å². The van der Waals surface area contributed by atoms with Gasteiger partial charge >= 0.3 is 0 Å². The van der Waals surface area contributed by atoms with E-state index in [0.29, 0.717) is 44.9 Å². The van der Waals surface area contributed by atoms with Crippen molar-refractivity contribution in [2.75, 3.05) is 39.9 Å². The minimum Gasteiger partial charge on any atom is -0.392 e. The van der Waals surface area contributed by atoms with E-state index in [1.165, 1.54) is 0 Å². The molecule has 0 aromatic carbocycles. The van der Waals surface area contributed by atoms with E-state index in [1.807, 2.05) is 18.0 Å². The Labute approximate surface area is 165 Å². The van der Waals surface area contributed by atoms with Crippen LogP contribution in [0.2, 0.25) is 0 Å². The Balaban J connectivity index is 1.55. The number of aromatic nitrogens is 2. The third-order valence-electron chi connectivity index (χ3n) is 5.63. The molecule has 28 heavy (non-hydrogen) atoms. The number of hydrogen-bond acceptors (Lipinski definition) is 6. The average molecular weight is 393 g/mol. The van der Waals surface area contributed by atoms with Crippen LogP contribution in [-0.2, 0) is 16.1 Å². The topological polar surface area (TPSA) is 99.9 Å². The number of aliphatic hydroxyl groups is 1. The second-order valence-electron chi connectivity index (χ2n) is 7.47. The lowest BCUT2D eigenvalue weighted by atomic mass is 10.0. The maximum atomic E-state index is 12.6. The second kappa shape index (κ2) is 9.49. The molecule has 0 radical (unpaired) electrons. The van der Waals surface area contributed by atoms with Crippen LogP contribution in [0.5, 0.6) is 0 Å². The van der Waals surface area contributed by atoms with Crippen LogP contribution in [0.15, 0.2) is 12.3 Å². The van der Waals surface area contributed by atoms with Crippen LogP contribution in [0, 0.1) is 0 Å². The minimum absolute atomic E-state index is 0.0408. The van der Waals surface area contributed by atoms with Crippen molar-refractivity contribution in [2.24, 2.45) is 0 Å². The van der Waals surface area contributed by atoms with Crippen LogP contribution in [0.4, 0.5) is 0 Å². The Kier molecular flexibility index (Phi) is 7.03. The molecule has 9 heteroatoms. The number of amides is 2. The van der Waals surface area contributed by atoms with Gasteiger partial charge in [-0.3, -0.25) is 19.2 Å². The van der Waals surface area contributed by atoms with E-state index in [0.717, 1.165) is 19.4 Å². The normalized spacial score (nSPS) is 23.9. The minimum atomic E-state index is -0.490. The van der Waals surface area contributed by atoms with Crippen molar-refractivity contribution in [1.82, 2.24) is 24.9 Å². The average Bonchev–Trinajstić information content (AvgIpc) is 3.34. The number of β-amino-alcohol motifs (C(OH)–C–C–N with tert-alkyl or cyclic N) is 1. The second-order valence-corrected chi connectivity index (χ2v) is 7.47. The largest absolute Gasteiger partial charge is 0.392 e. The monoisotopic (exact) mass is 393 g/mol. The highest BCUT2D eigenvalue weighted by Crippen LogP contribution is 2.27. The summed E-state index contributed by atoms with van der Waals surface area (Å²) in [6, 6.07) is 1.63. The molecule has 2 amide bonds. The number of nitrogens with one attached hydrogen (secondary N) is 1. The Morgan fingerprint density at radius 3 is 2.75 bits per heavy atom. The van der Waals surface area contributed by atoms with E-state index >= 15 is 0 Å². The molecule has 1 aromatic heterocycles. The molecule has 3 rings (SSSR count). The molecule has 2 aliphatic heterocycles. The Bertz CT molecular complexity index is 671. The fourth-order valence-electron chi connectivity index (χ4n) is 4.11. The molecule has 9 nitrogen and oxygen atoms in total. The van der Waals surface area contributed by atoms with Crippen LogP contribution >= 0.6 is 0 Å². The lowest BCUT2D eigenvalue weighted by Crippen LogP contribution is -2.52. The summed E-state index contributed by atoms with van der Waals surface area (Å²) in [5.41, 5.74) is 0.479. The van der Waals surface area contributed by atoms with Crippen molar-refractivity contribution in [3.05, 3.63) is 18.0 Å². The highest BCUT2D eigenvalue weighted by atomic mass is 16.5. The molecule has 3 heterocycles. The molecule has 2 atom stereocenters. The SMILES string of the molecule is CCn1ccc(C(=O)N2CCC(N3C[C@H](O)C[C@H]3C(=O)NCCOC)CC2)n1. The molecule has 0 saturated carbocycles. The molecule has 2 aliphatic rings. The quantitative estimate of drug-likeness (QED) is 0.618. The molecule has 0 bridgehead atoms. The zero-order valence-corrected chi connectivity index (χ0v) is 16.7. The predicted molar refractivity (Wildman–Crippen MR) is 103 cm³/mol. The van der Waals surface area contributed by atoms with E-state index in [9.17, 15) is 14.7 Å². The number of likely N-dealkylation sites (tertiary alicyclic amines) is 2. The van der Waals surface area contributed by atoms with Gasteiger partial charge in [0, 0.05) is 52.1 Å². The standard InChI is InChI=1S/C19H31N5O4/c1-3-23-10-6-16(21-23)19(27)22-8-4-14(5-9-22)24-13-15(25)12-17(24)18(26)20-7-11-28-2/h6,10,14-15,17,25H,3-5,7-9,11-13H2,1-2H3,(H,20,26)/t15-,17+/m1/s1.